The van der Waals surface area contributed by atoms with Crippen molar-refractivity contribution < 1.29 is 4.79 Å². The van der Waals surface area contributed by atoms with E-state index in [1.54, 1.807) is 6.20 Å². The second-order valence-electron chi connectivity index (χ2n) is 6.03. The fourth-order valence-corrected chi connectivity index (χ4v) is 3.58. The van der Waals surface area contributed by atoms with Crippen molar-refractivity contribution in [2.24, 2.45) is 0 Å². The monoisotopic (exact) mass is 380 g/mol. The summed E-state index contributed by atoms with van der Waals surface area (Å²) in [7, 11) is 0. The van der Waals surface area contributed by atoms with Crippen LogP contribution in [0, 0.1) is 11.8 Å². The highest BCUT2D eigenvalue weighted by Crippen LogP contribution is 2.29. The molecule has 3 nitrogen and oxygen atoms in total. The zero-order chi connectivity index (χ0) is 19.2. The molecule has 2 aromatic heterocycles. The first-order chi connectivity index (χ1) is 13.8. The molecular weight excluding hydrogens is 364 g/mol. The highest BCUT2D eigenvalue weighted by atomic mass is 32.1. The zero-order valence-electron chi connectivity index (χ0n) is 14.9. The van der Waals surface area contributed by atoms with Crippen LogP contribution in [-0.4, -0.2) is 10.9 Å². The number of pyridine rings is 1. The van der Waals surface area contributed by atoms with Gasteiger partial charge >= 0.3 is 0 Å². The Labute approximate surface area is 167 Å². The number of hydrogen-bond acceptors (Lipinski definition) is 3. The van der Waals surface area contributed by atoms with Crippen LogP contribution < -0.4 is 5.32 Å². The number of aromatic nitrogens is 1. The molecule has 0 fully saturated rings. The number of thiophene rings is 1. The van der Waals surface area contributed by atoms with Crippen molar-refractivity contribution in [1.29, 1.82) is 0 Å². The molecule has 1 amide bonds. The lowest BCUT2D eigenvalue weighted by molar-refractivity contribution is 0.103. The Balaban J connectivity index is 1.54. The molecule has 0 radical (unpaired) electrons. The van der Waals surface area contributed by atoms with Crippen LogP contribution in [0.2, 0.25) is 0 Å². The number of nitrogens with one attached hydrogen (secondary N) is 1. The topological polar surface area (TPSA) is 42.0 Å². The molecule has 4 aromatic rings. The Morgan fingerprint density at radius 2 is 1.75 bits per heavy atom. The molecule has 28 heavy (non-hydrogen) atoms. The molecule has 0 atom stereocenters. The van der Waals surface area contributed by atoms with Gasteiger partial charge in [-0.2, -0.15) is 0 Å². The maximum absolute atomic E-state index is 12.8. The third-order valence-corrected chi connectivity index (χ3v) is 4.99. The number of carbonyl (C=O) groups excluding carboxylic acids is 1. The Kier molecular flexibility index (Phi) is 5.28. The minimum atomic E-state index is -0.122. The van der Waals surface area contributed by atoms with E-state index in [-0.39, 0.29) is 5.91 Å². The fourth-order valence-electron chi connectivity index (χ4n) is 2.77. The van der Waals surface area contributed by atoms with E-state index in [0.29, 0.717) is 16.3 Å². The smallest absolute Gasteiger partial charge is 0.266 e. The lowest BCUT2D eigenvalue weighted by atomic mass is 10.1. The Morgan fingerprint density at radius 3 is 2.57 bits per heavy atom. The fraction of sp³-hybridized carbons (Fsp3) is 0. The maximum atomic E-state index is 12.8. The van der Waals surface area contributed by atoms with E-state index < -0.39 is 0 Å². The van der Waals surface area contributed by atoms with Gasteiger partial charge in [-0.15, -0.1) is 11.3 Å². The third kappa shape index (κ3) is 4.17. The van der Waals surface area contributed by atoms with Crippen LogP contribution in [0.5, 0.6) is 0 Å². The summed E-state index contributed by atoms with van der Waals surface area (Å²) in [5, 5.41) is 4.92. The SMILES string of the molecule is O=C(Nc1cccc(C#Cc2ccccn2)c1)c1sccc1-c1ccccc1. The summed E-state index contributed by atoms with van der Waals surface area (Å²) < 4.78 is 0. The minimum absolute atomic E-state index is 0.122. The van der Waals surface area contributed by atoms with Gasteiger partial charge in [-0.1, -0.05) is 48.4 Å². The molecule has 0 unspecified atom stereocenters. The van der Waals surface area contributed by atoms with E-state index in [0.717, 1.165) is 16.7 Å². The van der Waals surface area contributed by atoms with Crippen LogP contribution in [0.3, 0.4) is 0 Å². The van der Waals surface area contributed by atoms with Crippen LogP contribution in [-0.2, 0) is 0 Å². The average Bonchev–Trinajstić information content (AvgIpc) is 3.24. The molecule has 2 heterocycles. The molecular formula is C24H16N2OS. The predicted octanol–water partition coefficient (Wildman–Crippen LogP) is 5.46. The van der Waals surface area contributed by atoms with Crippen LogP contribution in [0.4, 0.5) is 5.69 Å². The van der Waals surface area contributed by atoms with Gasteiger partial charge in [-0.05, 0) is 53.3 Å². The first-order valence-corrected chi connectivity index (χ1v) is 9.65. The van der Waals surface area contributed by atoms with Gasteiger partial charge in [0.1, 0.15) is 5.69 Å². The van der Waals surface area contributed by atoms with Crippen LogP contribution in [0.15, 0.2) is 90.4 Å². The highest BCUT2D eigenvalue weighted by molar-refractivity contribution is 7.12. The Morgan fingerprint density at radius 1 is 0.893 bits per heavy atom. The molecule has 0 saturated heterocycles. The number of amides is 1. The predicted molar refractivity (Wildman–Crippen MR) is 114 cm³/mol. The second kappa shape index (κ2) is 8.34. The van der Waals surface area contributed by atoms with E-state index in [1.807, 2.05) is 84.2 Å². The molecule has 134 valence electrons. The number of benzene rings is 2. The number of anilines is 1. The Bertz CT molecular complexity index is 1160. The van der Waals surface area contributed by atoms with Crippen molar-refractivity contribution >= 4 is 22.9 Å². The standard InChI is InChI=1S/C24H16N2OS/c27-24(23-22(14-16-28-23)19-8-2-1-3-9-19)26-21-11-6-7-18(17-21)12-13-20-10-4-5-15-25-20/h1-11,14-17H,(H,26,27). The summed E-state index contributed by atoms with van der Waals surface area (Å²) in [4.78, 5) is 17.7. The molecule has 2 aromatic carbocycles. The summed E-state index contributed by atoms with van der Waals surface area (Å²) >= 11 is 1.44. The zero-order valence-corrected chi connectivity index (χ0v) is 15.7. The van der Waals surface area contributed by atoms with E-state index in [9.17, 15) is 4.79 Å². The molecule has 0 aliphatic heterocycles. The highest BCUT2D eigenvalue weighted by Gasteiger charge is 2.14. The lowest BCUT2D eigenvalue weighted by Crippen LogP contribution is -2.11. The molecule has 0 aliphatic carbocycles. The van der Waals surface area contributed by atoms with Crippen molar-refractivity contribution in [2.75, 3.05) is 5.32 Å². The first-order valence-electron chi connectivity index (χ1n) is 8.77. The minimum Gasteiger partial charge on any atom is -0.321 e. The molecule has 1 N–H and O–H groups in total. The molecule has 0 spiro atoms. The van der Waals surface area contributed by atoms with Crippen LogP contribution in [0.1, 0.15) is 20.9 Å². The van der Waals surface area contributed by atoms with Crippen molar-refractivity contribution in [2.45, 2.75) is 0 Å². The van der Waals surface area contributed by atoms with E-state index in [1.165, 1.54) is 11.3 Å². The van der Waals surface area contributed by atoms with Crippen molar-refractivity contribution in [3.05, 3.63) is 107 Å². The van der Waals surface area contributed by atoms with E-state index in [4.69, 9.17) is 0 Å². The van der Waals surface area contributed by atoms with Gasteiger partial charge < -0.3 is 5.32 Å². The Hall–Kier alpha value is -3.68. The quantitative estimate of drug-likeness (QED) is 0.479. The average molecular weight is 380 g/mol. The second-order valence-corrected chi connectivity index (χ2v) is 6.95. The van der Waals surface area contributed by atoms with Gasteiger partial charge in [-0.25, -0.2) is 4.98 Å². The molecule has 4 heteroatoms. The van der Waals surface area contributed by atoms with Crippen molar-refractivity contribution in [3.63, 3.8) is 0 Å². The van der Waals surface area contributed by atoms with Crippen molar-refractivity contribution in [1.82, 2.24) is 4.98 Å². The normalized spacial score (nSPS) is 10.0. The summed E-state index contributed by atoms with van der Waals surface area (Å²) in [5.41, 5.74) is 4.21. The van der Waals surface area contributed by atoms with Gasteiger partial charge in [0.05, 0.1) is 4.88 Å². The summed E-state index contributed by atoms with van der Waals surface area (Å²) in [6.07, 6.45) is 1.71. The number of carbonyl (C=O) groups is 1. The number of nitrogens with zero attached hydrogens (tertiary/aromatic N) is 1. The van der Waals surface area contributed by atoms with Gasteiger partial charge in [0, 0.05) is 23.0 Å². The number of rotatable bonds is 3. The van der Waals surface area contributed by atoms with Crippen LogP contribution in [0.25, 0.3) is 11.1 Å². The largest absolute Gasteiger partial charge is 0.321 e. The molecule has 0 saturated carbocycles. The van der Waals surface area contributed by atoms with Crippen molar-refractivity contribution in [3.8, 4) is 23.0 Å². The van der Waals surface area contributed by atoms with Gasteiger partial charge in [0.15, 0.2) is 0 Å². The summed E-state index contributed by atoms with van der Waals surface area (Å²) in [6, 6.07) is 25.0. The van der Waals surface area contributed by atoms with Crippen LogP contribution >= 0.6 is 11.3 Å². The maximum Gasteiger partial charge on any atom is 0.266 e. The van der Waals surface area contributed by atoms with Gasteiger partial charge in [0.25, 0.3) is 5.91 Å². The molecule has 0 aliphatic rings. The summed E-state index contributed by atoms with van der Waals surface area (Å²) in [6.45, 7) is 0. The number of hydrogen-bond donors (Lipinski definition) is 1. The molecule has 0 bridgehead atoms. The lowest BCUT2D eigenvalue weighted by Gasteiger charge is -2.07. The van der Waals surface area contributed by atoms with Gasteiger partial charge in [-0.3, -0.25) is 4.79 Å². The molecule has 4 rings (SSSR count). The van der Waals surface area contributed by atoms with Gasteiger partial charge in [0.2, 0.25) is 0 Å². The third-order valence-electron chi connectivity index (χ3n) is 4.08. The van der Waals surface area contributed by atoms with E-state index in [2.05, 4.69) is 22.1 Å². The first kappa shape index (κ1) is 17.7. The summed E-state index contributed by atoms with van der Waals surface area (Å²) in [5.74, 6) is 5.99. The van der Waals surface area contributed by atoms with E-state index >= 15 is 0 Å².